The molecule has 0 fully saturated rings. The van der Waals surface area contributed by atoms with Crippen molar-refractivity contribution in [2.24, 2.45) is 0 Å². The van der Waals surface area contributed by atoms with E-state index >= 15 is 0 Å². The van der Waals surface area contributed by atoms with Gasteiger partial charge >= 0.3 is 0 Å². The highest BCUT2D eigenvalue weighted by Gasteiger charge is 2.17. The van der Waals surface area contributed by atoms with E-state index in [-0.39, 0.29) is 5.41 Å². The number of thiazole rings is 1. The van der Waals surface area contributed by atoms with Crippen LogP contribution in [0.15, 0.2) is 6.20 Å². The number of hydrogen-bond donors (Lipinski definition) is 2. The first kappa shape index (κ1) is 15.6. The Balaban J connectivity index is 2.14. The molecule has 104 valence electrons. The molecule has 1 aromatic rings. The summed E-state index contributed by atoms with van der Waals surface area (Å²) in [5.41, 5.74) is 0.160. The number of aliphatic hydroxyl groups is 1. The van der Waals surface area contributed by atoms with Crippen LogP contribution in [0.4, 0.5) is 0 Å². The Hall–Kier alpha value is -0.450. The maximum atomic E-state index is 8.66. The molecule has 2 N–H and O–H groups in total. The maximum Gasteiger partial charge on any atom is 0.0981 e. The van der Waals surface area contributed by atoms with Crippen molar-refractivity contribution >= 4 is 11.3 Å². The van der Waals surface area contributed by atoms with Crippen molar-refractivity contribution in [2.45, 2.75) is 58.4 Å². The molecule has 1 rings (SSSR count). The summed E-state index contributed by atoms with van der Waals surface area (Å²) < 4.78 is 0. The van der Waals surface area contributed by atoms with E-state index in [2.05, 4.69) is 31.1 Å². The molecule has 0 amide bonds. The standard InChI is InChI=1S/C14H26N2OS/c1-14(2,3)13-16-11-12(18-13)10-15-8-6-4-5-7-9-17/h11,15,17H,4-10H2,1-3H3. The lowest BCUT2D eigenvalue weighted by Crippen LogP contribution is -2.13. The minimum absolute atomic E-state index is 0.160. The topological polar surface area (TPSA) is 45.2 Å². The quantitative estimate of drug-likeness (QED) is 0.714. The number of nitrogens with one attached hydrogen (secondary N) is 1. The minimum atomic E-state index is 0.160. The molecule has 0 aliphatic rings. The summed E-state index contributed by atoms with van der Waals surface area (Å²) in [7, 11) is 0. The molecule has 0 spiro atoms. The molecule has 3 nitrogen and oxygen atoms in total. The number of nitrogens with zero attached hydrogens (tertiary/aromatic N) is 1. The highest BCUT2D eigenvalue weighted by molar-refractivity contribution is 7.11. The fourth-order valence-electron chi connectivity index (χ4n) is 1.66. The van der Waals surface area contributed by atoms with E-state index in [0.29, 0.717) is 6.61 Å². The van der Waals surface area contributed by atoms with Crippen LogP contribution in [-0.4, -0.2) is 23.2 Å². The van der Waals surface area contributed by atoms with Gasteiger partial charge in [-0.05, 0) is 19.4 Å². The van der Waals surface area contributed by atoms with Crippen LogP contribution < -0.4 is 5.32 Å². The van der Waals surface area contributed by atoms with Crippen molar-refractivity contribution in [3.8, 4) is 0 Å². The Morgan fingerprint density at radius 2 is 1.94 bits per heavy atom. The van der Waals surface area contributed by atoms with Crippen LogP contribution in [0.25, 0.3) is 0 Å². The molecule has 1 heterocycles. The molecular weight excluding hydrogens is 244 g/mol. The number of aliphatic hydroxyl groups excluding tert-OH is 1. The van der Waals surface area contributed by atoms with Crippen LogP contribution in [0.3, 0.4) is 0 Å². The highest BCUT2D eigenvalue weighted by atomic mass is 32.1. The number of unbranched alkanes of at least 4 members (excludes halogenated alkanes) is 3. The lowest BCUT2D eigenvalue weighted by molar-refractivity contribution is 0.282. The SMILES string of the molecule is CC(C)(C)c1ncc(CNCCCCCCO)s1. The van der Waals surface area contributed by atoms with Gasteiger partial charge in [-0.1, -0.05) is 33.6 Å². The van der Waals surface area contributed by atoms with Crippen molar-refractivity contribution in [1.82, 2.24) is 10.3 Å². The lowest BCUT2D eigenvalue weighted by atomic mass is 9.98. The predicted molar refractivity (Wildman–Crippen MR) is 78.1 cm³/mol. The number of aromatic nitrogens is 1. The van der Waals surface area contributed by atoms with Crippen molar-refractivity contribution in [1.29, 1.82) is 0 Å². The third kappa shape index (κ3) is 5.94. The van der Waals surface area contributed by atoms with E-state index in [1.165, 1.54) is 22.7 Å². The third-order valence-corrected chi connectivity index (χ3v) is 4.18. The van der Waals surface area contributed by atoms with E-state index in [1.54, 1.807) is 11.3 Å². The van der Waals surface area contributed by atoms with Gasteiger partial charge in [0.1, 0.15) is 0 Å². The Morgan fingerprint density at radius 3 is 2.56 bits per heavy atom. The first-order chi connectivity index (χ1) is 8.54. The van der Waals surface area contributed by atoms with Gasteiger partial charge in [0.15, 0.2) is 0 Å². The fraction of sp³-hybridized carbons (Fsp3) is 0.786. The van der Waals surface area contributed by atoms with Gasteiger partial charge < -0.3 is 10.4 Å². The van der Waals surface area contributed by atoms with Crippen molar-refractivity contribution in [3.05, 3.63) is 16.1 Å². The normalized spacial score (nSPS) is 12.0. The minimum Gasteiger partial charge on any atom is -0.396 e. The molecule has 18 heavy (non-hydrogen) atoms. The van der Waals surface area contributed by atoms with Gasteiger partial charge in [0.05, 0.1) is 5.01 Å². The summed E-state index contributed by atoms with van der Waals surface area (Å²) in [5.74, 6) is 0. The molecule has 0 aromatic carbocycles. The molecule has 0 atom stereocenters. The van der Waals surface area contributed by atoms with E-state index < -0.39 is 0 Å². The van der Waals surface area contributed by atoms with Gasteiger partial charge in [0.2, 0.25) is 0 Å². The average Bonchev–Trinajstić information content (AvgIpc) is 2.76. The highest BCUT2D eigenvalue weighted by Crippen LogP contribution is 2.26. The largest absolute Gasteiger partial charge is 0.396 e. The van der Waals surface area contributed by atoms with Crippen LogP contribution >= 0.6 is 11.3 Å². The lowest BCUT2D eigenvalue weighted by Gasteiger charge is -2.13. The second-order valence-electron chi connectivity index (χ2n) is 5.70. The molecule has 0 bridgehead atoms. The zero-order chi connectivity index (χ0) is 13.4. The molecule has 0 radical (unpaired) electrons. The maximum absolute atomic E-state index is 8.66. The predicted octanol–water partition coefficient (Wildman–Crippen LogP) is 3.08. The van der Waals surface area contributed by atoms with Crippen LogP contribution in [0, 0.1) is 0 Å². The smallest absolute Gasteiger partial charge is 0.0981 e. The van der Waals surface area contributed by atoms with E-state index in [1.807, 2.05) is 6.20 Å². The fourth-order valence-corrected chi connectivity index (χ4v) is 2.60. The van der Waals surface area contributed by atoms with Gasteiger partial charge in [-0.3, -0.25) is 0 Å². The summed E-state index contributed by atoms with van der Waals surface area (Å²) >= 11 is 1.81. The molecule has 4 heteroatoms. The van der Waals surface area contributed by atoms with Crippen LogP contribution in [-0.2, 0) is 12.0 Å². The van der Waals surface area contributed by atoms with E-state index in [9.17, 15) is 0 Å². The van der Waals surface area contributed by atoms with Gasteiger partial charge in [-0.15, -0.1) is 11.3 Å². The van der Waals surface area contributed by atoms with Crippen molar-refractivity contribution in [2.75, 3.05) is 13.2 Å². The summed E-state index contributed by atoms with van der Waals surface area (Å²) in [5, 5.41) is 13.3. The monoisotopic (exact) mass is 270 g/mol. The van der Waals surface area contributed by atoms with Crippen molar-refractivity contribution in [3.63, 3.8) is 0 Å². The first-order valence-corrected chi connectivity index (χ1v) is 7.62. The Labute approximate surface area is 115 Å². The van der Waals surface area contributed by atoms with Crippen LogP contribution in [0.2, 0.25) is 0 Å². The molecule has 0 aliphatic heterocycles. The summed E-state index contributed by atoms with van der Waals surface area (Å²) in [6.07, 6.45) is 6.44. The van der Waals surface area contributed by atoms with E-state index in [4.69, 9.17) is 5.11 Å². The van der Waals surface area contributed by atoms with Gasteiger partial charge in [-0.2, -0.15) is 0 Å². The average molecular weight is 270 g/mol. The Kier molecular flexibility index (Phi) is 6.82. The third-order valence-electron chi connectivity index (χ3n) is 2.76. The van der Waals surface area contributed by atoms with E-state index in [0.717, 1.165) is 25.9 Å². The second kappa shape index (κ2) is 7.87. The van der Waals surface area contributed by atoms with Crippen LogP contribution in [0.1, 0.15) is 56.3 Å². The summed E-state index contributed by atoms with van der Waals surface area (Å²) in [4.78, 5) is 5.79. The number of hydrogen-bond acceptors (Lipinski definition) is 4. The second-order valence-corrected chi connectivity index (χ2v) is 6.81. The summed E-state index contributed by atoms with van der Waals surface area (Å²) in [6.45, 7) is 8.89. The Bertz CT molecular complexity index is 331. The van der Waals surface area contributed by atoms with Crippen LogP contribution in [0.5, 0.6) is 0 Å². The molecule has 0 saturated heterocycles. The first-order valence-electron chi connectivity index (χ1n) is 6.81. The molecular formula is C14H26N2OS. The molecule has 1 aromatic heterocycles. The van der Waals surface area contributed by atoms with Gasteiger partial charge in [-0.25, -0.2) is 4.98 Å². The Morgan fingerprint density at radius 1 is 1.22 bits per heavy atom. The molecule has 0 unspecified atom stereocenters. The zero-order valence-electron chi connectivity index (χ0n) is 11.8. The molecule has 0 aliphatic carbocycles. The summed E-state index contributed by atoms with van der Waals surface area (Å²) in [6, 6.07) is 0. The zero-order valence-corrected chi connectivity index (χ0v) is 12.6. The van der Waals surface area contributed by atoms with Gasteiger partial charge in [0.25, 0.3) is 0 Å². The van der Waals surface area contributed by atoms with Gasteiger partial charge in [0, 0.05) is 29.6 Å². The molecule has 0 saturated carbocycles. The number of rotatable bonds is 8. The van der Waals surface area contributed by atoms with Crippen molar-refractivity contribution < 1.29 is 5.11 Å².